The van der Waals surface area contributed by atoms with Crippen LogP contribution in [-0.2, 0) is 5.41 Å². The molecule has 3 heterocycles. The maximum atomic E-state index is 10.4. The molecular weight excluding hydrogens is 671 g/mol. The Bertz CT molecular complexity index is 2850. The Balaban J connectivity index is 1.33. The lowest BCUT2D eigenvalue weighted by Gasteiger charge is -2.46. The van der Waals surface area contributed by atoms with Gasteiger partial charge >= 0.3 is 0 Å². The topological polar surface area (TPSA) is 68.6 Å². The van der Waals surface area contributed by atoms with E-state index < -0.39 is 5.41 Å². The fourth-order valence-electron chi connectivity index (χ4n) is 8.83. The minimum Gasteiger partial charge on any atom is -0.310 e. The Morgan fingerprint density at radius 3 is 1.67 bits per heavy atom. The van der Waals surface area contributed by atoms with Gasteiger partial charge in [-0.1, -0.05) is 121 Å². The number of nitrogens with zero attached hydrogens (tertiary/aromatic N) is 5. The highest BCUT2D eigenvalue weighted by molar-refractivity contribution is 6.09. The van der Waals surface area contributed by atoms with Crippen molar-refractivity contribution in [3.05, 3.63) is 222 Å². The summed E-state index contributed by atoms with van der Waals surface area (Å²) in [6, 6.07) is 65.9. The third-order valence-corrected chi connectivity index (χ3v) is 11.0. The number of pyridine rings is 1. The zero-order valence-corrected chi connectivity index (χ0v) is 29.6. The molecule has 1 aliphatic heterocycles. The molecule has 0 saturated carbocycles. The van der Waals surface area contributed by atoms with Crippen molar-refractivity contribution < 1.29 is 0 Å². The van der Waals surface area contributed by atoms with Gasteiger partial charge in [-0.25, -0.2) is 0 Å². The van der Waals surface area contributed by atoms with Crippen LogP contribution in [0.25, 0.3) is 38.6 Å². The van der Waals surface area contributed by atoms with E-state index >= 15 is 0 Å². The number of hydrogen-bond donors (Lipinski definition) is 0. The highest BCUT2D eigenvalue weighted by Crippen LogP contribution is 2.58. The van der Waals surface area contributed by atoms with Crippen molar-refractivity contribution >= 4 is 38.9 Å². The minimum atomic E-state index is -0.617. The zero-order valence-electron chi connectivity index (χ0n) is 29.6. The quantitative estimate of drug-likeness (QED) is 0.179. The van der Waals surface area contributed by atoms with Crippen molar-refractivity contribution in [2.75, 3.05) is 4.90 Å². The van der Waals surface area contributed by atoms with Crippen molar-refractivity contribution in [2.24, 2.45) is 0 Å². The van der Waals surface area contributed by atoms with Crippen molar-refractivity contribution in [1.82, 2.24) is 9.55 Å². The third kappa shape index (κ3) is 4.74. The van der Waals surface area contributed by atoms with Crippen molar-refractivity contribution in [1.29, 1.82) is 10.5 Å². The average molecular weight is 702 g/mol. The fraction of sp³-hybridized carbons (Fsp3) is 0.0200. The largest absolute Gasteiger partial charge is 0.310 e. The second-order valence-electron chi connectivity index (χ2n) is 13.8. The summed E-state index contributed by atoms with van der Waals surface area (Å²) < 4.78 is 2.26. The van der Waals surface area contributed by atoms with E-state index in [1.54, 1.807) is 18.2 Å². The van der Waals surface area contributed by atoms with Gasteiger partial charge in [0, 0.05) is 40.1 Å². The van der Waals surface area contributed by atoms with Gasteiger partial charge in [-0.2, -0.15) is 10.5 Å². The molecule has 0 N–H and O–H groups in total. The van der Waals surface area contributed by atoms with E-state index in [-0.39, 0.29) is 0 Å². The Labute approximate surface area is 318 Å². The second-order valence-corrected chi connectivity index (χ2v) is 13.8. The van der Waals surface area contributed by atoms with Crippen LogP contribution in [0.15, 0.2) is 188 Å². The number of hydrogen-bond acceptors (Lipinski definition) is 4. The monoisotopic (exact) mass is 701 g/mol. The molecule has 0 spiro atoms. The molecule has 0 aliphatic carbocycles. The number of nitriles is 2. The maximum absolute atomic E-state index is 10.4. The van der Waals surface area contributed by atoms with Crippen molar-refractivity contribution in [3.63, 3.8) is 0 Å². The summed E-state index contributed by atoms with van der Waals surface area (Å²) in [6.07, 6.45) is 3.74. The van der Waals surface area contributed by atoms with Gasteiger partial charge in [-0.3, -0.25) is 4.98 Å². The predicted octanol–water partition coefficient (Wildman–Crippen LogP) is 11.8. The molecule has 0 bridgehead atoms. The third-order valence-electron chi connectivity index (χ3n) is 11.0. The van der Waals surface area contributed by atoms with E-state index in [2.05, 4.69) is 178 Å². The number of anilines is 3. The molecule has 0 atom stereocenters. The van der Waals surface area contributed by atoms with Crippen LogP contribution in [0.5, 0.6) is 0 Å². The van der Waals surface area contributed by atoms with Gasteiger partial charge in [0.05, 0.1) is 51.1 Å². The number of aromatic nitrogens is 2. The molecule has 2 aromatic heterocycles. The van der Waals surface area contributed by atoms with Gasteiger partial charge in [0.2, 0.25) is 0 Å². The first kappa shape index (κ1) is 32.0. The van der Waals surface area contributed by atoms with Gasteiger partial charge in [-0.05, 0) is 82.4 Å². The highest BCUT2D eigenvalue weighted by atomic mass is 15.2. The van der Waals surface area contributed by atoms with Crippen LogP contribution >= 0.6 is 0 Å². The van der Waals surface area contributed by atoms with Crippen LogP contribution in [0.2, 0.25) is 0 Å². The standard InChI is InChI=1S/C50H31N5/c51-31-34-14-13-15-35(32-52)49(34)36-28-39(54-45-23-10-7-20-41(45)42-33-53-27-26-46(42)54)30-40(29-36)55-47-24-11-8-21-43(47)50(37-16-3-1-4-17-37,38-18-5-2-6-19-38)44-22-9-12-25-48(44)55/h1-30,33H. The van der Waals surface area contributed by atoms with Crippen molar-refractivity contribution in [3.8, 4) is 29.0 Å². The van der Waals surface area contributed by atoms with Gasteiger partial charge in [0.25, 0.3) is 0 Å². The molecule has 0 radical (unpaired) electrons. The first-order valence-corrected chi connectivity index (χ1v) is 18.2. The smallest absolute Gasteiger partial charge is 0.0998 e. The van der Waals surface area contributed by atoms with E-state index in [1.165, 1.54) is 11.1 Å². The number of rotatable bonds is 5. The first-order chi connectivity index (χ1) is 27.2. The Kier molecular flexibility index (Phi) is 7.40. The molecule has 9 aromatic rings. The normalized spacial score (nSPS) is 12.8. The van der Waals surface area contributed by atoms with Crippen LogP contribution in [0.1, 0.15) is 33.4 Å². The van der Waals surface area contributed by atoms with Gasteiger partial charge in [0.15, 0.2) is 0 Å². The molecule has 0 saturated heterocycles. The van der Waals surface area contributed by atoms with E-state index in [0.29, 0.717) is 16.7 Å². The SMILES string of the molecule is N#Cc1cccc(C#N)c1-c1cc(N2c3ccccc3C(c3ccccc3)(c3ccccc3)c3ccccc32)cc(-n2c3ccccc3c3cnccc32)c1. The van der Waals surface area contributed by atoms with Crippen LogP contribution in [-0.4, -0.2) is 9.55 Å². The first-order valence-electron chi connectivity index (χ1n) is 18.2. The second kappa shape index (κ2) is 12.7. The summed E-state index contributed by atoms with van der Waals surface area (Å²) in [4.78, 5) is 6.84. The summed E-state index contributed by atoms with van der Waals surface area (Å²) in [6.45, 7) is 0. The molecule has 256 valence electrons. The summed E-state index contributed by atoms with van der Waals surface area (Å²) in [5.41, 5.74) is 12.2. The van der Waals surface area contributed by atoms with Crippen LogP contribution in [0.3, 0.4) is 0 Å². The number of para-hydroxylation sites is 3. The van der Waals surface area contributed by atoms with Crippen LogP contribution in [0.4, 0.5) is 17.1 Å². The summed E-state index contributed by atoms with van der Waals surface area (Å²) in [5, 5.41) is 23.0. The lowest BCUT2D eigenvalue weighted by atomic mass is 9.62. The molecule has 5 heteroatoms. The van der Waals surface area contributed by atoms with E-state index in [1.807, 2.05) is 18.5 Å². The number of fused-ring (bicyclic) bond motifs is 5. The van der Waals surface area contributed by atoms with Crippen molar-refractivity contribution in [2.45, 2.75) is 5.41 Å². The molecule has 5 nitrogen and oxygen atoms in total. The molecule has 1 aliphatic rings. The van der Waals surface area contributed by atoms with Crippen LogP contribution < -0.4 is 4.90 Å². The summed E-state index contributed by atoms with van der Waals surface area (Å²) in [7, 11) is 0. The van der Waals surface area contributed by atoms with Gasteiger partial charge in [-0.15, -0.1) is 0 Å². The van der Waals surface area contributed by atoms with E-state index in [9.17, 15) is 10.5 Å². The van der Waals surface area contributed by atoms with Crippen LogP contribution in [0, 0.1) is 22.7 Å². The summed E-state index contributed by atoms with van der Waals surface area (Å²) in [5.74, 6) is 0. The Morgan fingerprint density at radius 1 is 0.491 bits per heavy atom. The lowest BCUT2D eigenvalue weighted by molar-refractivity contribution is 0.731. The molecule has 0 unspecified atom stereocenters. The predicted molar refractivity (Wildman–Crippen MR) is 220 cm³/mol. The van der Waals surface area contributed by atoms with Gasteiger partial charge in [0.1, 0.15) is 0 Å². The fourth-order valence-corrected chi connectivity index (χ4v) is 8.83. The molecule has 7 aromatic carbocycles. The minimum absolute atomic E-state index is 0.445. The molecular formula is C50H31N5. The zero-order chi connectivity index (χ0) is 36.9. The lowest BCUT2D eigenvalue weighted by Crippen LogP contribution is -2.37. The van der Waals surface area contributed by atoms with Gasteiger partial charge < -0.3 is 9.47 Å². The van der Waals surface area contributed by atoms with E-state index in [4.69, 9.17) is 0 Å². The summed E-state index contributed by atoms with van der Waals surface area (Å²) >= 11 is 0. The highest BCUT2D eigenvalue weighted by Gasteiger charge is 2.46. The molecule has 10 rings (SSSR count). The Morgan fingerprint density at radius 2 is 1.04 bits per heavy atom. The number of benzene rings is 7. The molecule has 55 heavy (non-hydrogen) atoms. The molecule has 0 fully saturated rings. The maximum Gasteiger partial charge on any atom is 0.0998 e. The average Bonchev–Trinajstić information content (AvgIpc) is 3.60. The Hall–Kier alpha value is -7.73. The molecule has 0 amide bonds. The van der Waals surface area contributed by atoms with E-state index in [0.717, 1.165) is 61.2 Å².